The molecule has 1 heterocycles. The van der Waals surface area contributed by atoms with Crippen LogP contribution in [0.25, 0.3) is 61.0 Å². The summed E-state index contributed by atoms with van der Waals surface area (Å²) in [5.41, 5.74) is 23.5. The van der Waals surface area contributed by atoms with E-state index in [9.17, 15) is 15.2 Å². The summed E-state index contributed by atoms with van der Waals surface area (Å²) in [6, 6.07) is 69.4. The van der Waals surface area contributed by atoms with E-state index in [0.717, 1.165) is 32.4 Å². The molecule has 9 aromatic rings. The van der Waals surface area contributed by atoms with Gasteiger partial charge in [0.25, 0.3) is 0 Å². The summed E-state index contributed by atoms with van der Waals surface area (Å²) in [6.07, 6.45) is 1.46. The average molecular weight is 893 g/mol. The van der Waals surface area contributed by atoms with E-state index in [4.69, 9.17) is 0 Å². The number of carboxylic acids is 1. The molecule has 0 saturated heterocycles. The fraction of sp³-hybridized carbons (Fsp3) is 0.111. The Bertz CT molecular complexity index is 3610. The monoisotopic (exact) mass is 892 g/mol. The van der Waals surface area contributed by atoms with Crippen molar-refractivity contribution in [2.75, 3.05) is 4.90 Å². The van der Waals surface area contributed by atoms with E-state index < -0.39 is 11.4 Å². The summed E-state index contributed by atoms with van der Waals surface area (Å²) in [5, 5.41) is 19.1. The number of anilines is 3. The number of nitrogens with zero attached hydrogens (tertiary/aromatic N) is 2. The van der Waals surface area contributed by atoms with Gasteiger partial charge >= 0.3 is 5.97 Å². The van der Waals surface area contributed by atoms with Crippen LogP contribution in [0.2, 0.25) is 0 Å². The summed E-state index contributed by atoms with van der Waals surface area (Å²) in [4.78, 5) is 16.0. The van der Waals surface area contributed by atoms with Gasteiger partial charge in [-0.1, -0.05) is 155 Å². The van der Waals surface area contributed by atoms with Crippen molar-refractivity contribution in [1.29, 1.82) is 5.26 Å². The van der Waals surface area contributed by atoms with Crippen molar-refractivity contribution < 1.29 is 9.90 Å². The van der Waals surface area contributed by atoms with Crippen LogP contribution in [0.5, 0.6) is 0 Å². The predicted octanol–water partition coefficient (Wildman–Crippen LogP) is 15.8. The number of carboxylic acid groups (broad SMARTS) is 1. The standard InChI is InChI=1S/C63H44N2O2S/c1-61(2)51-17-9-5-13-43(51)47-27-22-39(33-55(47)61)65(40-23-28-48-44-14-6-10-18-52(44)62(3,4)56(48)34-40)41-24-29-50-49-26-21-37(59-30-25-42(68-59)31-38(36-64)60(66)67)32-57(49)63(58(50)35-41)53-19-11-7-15-45(53)46-16-8-12-20-54(46)63/h5-35H,1-4H3,(H,66,67)/b38-31-. The molecule has 0 unspecified atom stereocenters. The van der Waals surface area contributed by atoms with E-state index in [1.165, 1.54) is 106 Å². The molecule has 0 amide bonds. The molecule has 0 radical (unpaired) electrons. The van der Waals surface area contributed by atoms with Crippen molar-refractivity contribution in [2.24, 2.45) is 0 Å². The smallest absolute Gasteiger partial charge is 0.346 e. The molecule has 5 heteroatoms. The first-order valence-corrected chi connectivity index (χ1v) is 24.0. The Kier molecular flexibility index (Phi) is 8.43. The highest BCUT2D eigenvalue weighted by Crippen LogP contribution is 2.64. The Morgan fingerprint density at radius 2 is 0.882 bits per heavy atom. The maximum atomic E-state index is 11.8. The van der Waals surface area contributed by atoms with Gasteiger partial charge < -0.3 is 10.0 Å². The van der Waals surface area contributed by atoms with Gasteiger partial charge in [-0.25, -0.2) is 4.79 Å². The normalized spacial score (nSPS) is 15.3. The van der Waals surface area contributed by atoms with Crippen molar-refractivity contribution in [2.45, 2.75) is 43.9 Å². The molecule has 0 fully saturated rings. The molecule has 4 aliphatic rings. The number of rotatable bonds is 6. The van der Waals surface area contributed by atoms with Crippen LogP contribution in [0.15, 0.2) is 188 Å². The van der Waals surface area contributed by atoms with Gasteiger partial charge in [0.15, 0.2) is 0 Å². The molecule has 0 atom stereocenters. The molecular formula is C63H44N2O2S. The summed E-state index contributed by atoms with van der Waals surface area (Å²) in [7, 11) is 0. The molecular weight excluding hydrogens is 849 g/mol. The Labute approximate surface area is 400 Å². The van der Waals surface area contributed by atoms with E-state index in [0.29, 0.717) is 0 Å². The van der Waals surface area contributed by atoms with Crippen molar-refractivity contribution in [3.63, 3.8) is 0 Å². The minimum Gasteiger partial charge on any atom is -0.477 e. The van der Waals surface area contributed by atoms with Crippen LogP contribution < -0.4 is 4.90 Å². The largest absolute Gasteiger partial charge is 0.477 e. The van der Waals surface area contributed by atoms with E-state index in [-0.39, 0.29) is 16.4 Å². The lowest BCUT2D eigenvalue weighted by Crippen LogP contribution is -2.26. The number of aliphatic carboxylic acids is 1. The van der Waals surface area contributed by atoms with Crippen LogP contribution in [-0.2, 0) is 21.0 Å². The van der Waals surface area contributed by atoms with E-state index >= 15 is 0 Å². The number of nitriles is 1. The minimum absolute atomic E-state index is 0.179. The molecule has 4 nitrogen and oxygen atoms in total. The first kappa shape index (κ1) is 40.3. The van der Waals surface area contributed by atoms with Crippen LogP contribution in [0.1, 0.15) is 77.1 Å². The molecule has 1 aromatic heterocycles. The van der Waals surface area contributed by atoms with Gasteiger partial charge in [-0.15, -0.1) is 11.3 Å². The third kappa shape index (κ3) is 5.38. The number of hydrogen-bond acceptors (Lipinski definition) is 4. The van der Waals surface area contributed by atoms with Crippen LogP contribution in [0, 0.1) is 11.3 Å². The Morgan fingerprint density at radius 3 is 1.37 bits per heavy atom. The third-order valence-electron chi connectivity index (χ3n) is 15.5. The molecule has 68 heavy (non-hydrogen) atoms. The highest BCUT2D eigenvalue weighted by atomic mass is 32.1. The average Bonchev–Trinajstić information content (AvgIpc) is 4.13. The van der Waals surface area contributed by atoms with Crippen LogP contribution in [0.3, 0.4) is 0 Å². The van der Waals surface area contributed by atoms with E-state index in [1.807, 2.05) is 18.2 Å². The maximum absolute atomic E-state index is 11.8. The molecule has 0 bridgehead atoms. The predicted molar refractivity (Wildman–Crippen MR) is 277 cm³/mol. The zero-order valence-electron chi connectivity index (χ0n) is 38.1. The second-order valence-electron chi connectivity index (χ2n) is 19.6. The zero-order valence-corrected chi connectivity index (χ0v) is 38.9. The second kappa shape index (κ2) is 14.2. The van der Waals surface area contributed by atoms with Crippen LogP contribution >= 0.6 is 11.3 Å². The summed E-state index contributed by atoms with van der Waals surface area (Å²) < 4.78 is 0. The number of carbonyl (C=O) groups is 1. The third-order valence-corrected chi connectivity index (χ3v) is 16.6. The van der Waals surface area contributed by atoms with Gasteiger partial charge in [-0.3, -0.25) is 0 Å². The number of thiophene rings is 1. The topological polar surface area (TPSA) is 64.3 Å². The fourth-order valence-electron chi connectivity index (χ4n) is 12.4. The molecule has 4 aliphatic carbocycles. The maximum Gasteiger partial charge on any atom is 0.346 e. The highest BCUT2D eigenvalue weighted by molar-refractivity contribution is 7.16. The van der Waals surface area contributed by atoms with Crippen molar-refractivity contribution in [1.82, 2.24) is 0 Å². The number of hydrogen-bond donors (Lipinski definition) is 1. The van der Waals surface area contributed by atoms with Gasteiger partial charge in [0.2, 0.25) is 0 Å². The van der Waals surface area contributed by atoms with Crippen LogP contribution in [0.4, 0.5) is 17.1 Å². The first-order valence-electron chi connectivity index (χ1n) is 23.2. The minimum atomic E-state index is -1.23. The van der Waals surface area contributed by atoms with Gasteiger partial charge in [-0.05, 0) is 155 Å². The molecule has 13 rings (SSSR count). The second-order valence-corrected chi connectivity index (χ2v) is 20.8. The molecule has 0 aliphatic heterocycles. The van der Waals surface area contributed by atoms with Gasteiger partial charge in [-0.2, -0.15) is 5.26 Å². The van der Waals surface area contributed by atoms with Crippen molar-refractivity contribution in [3.8, 4) is 61.0 Å². The quantitative estimate of drug-likeness (QED) is 0.133. The van der Waals surface area contributed by atoms with E-state index in [1.54, 1.807) is 0 Å². The molecule has 1 N–H and O–H groups in total. The molecule has 8 aromatic carbocycles. The van der Waals surface area contributed by atoms with Crippen molar-refractivity contribution >= 4 is 40.4 Å². The lowest BCUT2D eigenvalue weighted by atomic mass is 9.70. The van der Waals surface area contributed by atoms with Gasteiger partial charge in [0.1, 0.15) is 11.6 Å². The van der Waals surface area contributed by atoms with Crippen molar-refractivity contribution in [3.05, 3.63) is 237 Å². The van der Waals surface area contributed by atoms with Gasteiger partial charge in [0, 0.05) is 37.6 Å². The lowest BCUT2D eigenvalue weighted by Gasteiger charge is -2.33. The highest BCUT2D eigenvalue weighted by Gasteiger charge is 2.52. The molecule has 1 spiro atoms. The summed E-state index contributed by atoms with van der Waals surface area (Å²) >= 11 is 1.49. The SMILES string of the molecule is CC1(C)c2ccccc2-c2ccc(N(c3ccc4c(c3)C(C)(C)c3ccccc3-4)c3ccc4c(c3)C3(c5ccccc5-c5ccccc53)c3cc(-c5ccc(/C=C(/C#N)C(=O)O)s5)ccc3-4)cc21. The fourth-order valence-corrected chi connectivity index (χ4v) is 13.3. The zero-order chi connectivity index (χ0) is 46.3. The lowest BCUT2D eigenvalue weighted by molar-refractivity contribution is -0.132. The van der Waals surface area contributed by atoms with Gasteiger partial charge in [0.05, 0.1) is 5.41 Å². The van der Waals surface area contributed by atoms with Crippen LogP contribution in [-0.4, -0.2) is 11.1 Å². The summed E-state index contributed by atoms with van der Waals surface area (Å²) in [6.45, 7) is 9.42. The Hall–Kier alpha value is -8.04. The Morgan fingerprint density at radius 1 is 0.485 bits per heavy atom. The number of fused-ring (bicyclic) bond motifs is 16. The first-order chi connectivity index (χ1) is 33.0. The van der Waals surface area contributed by atoms with E-state index in [2.05, 4.69) is 202 Å². The number of benzene rings is 8. The molecule has 324 valence electrons. The summed E-state index contributed by atoms with van der Waals surface area (Å²) in [5.74, 6) is -1.23. The molecule has 0 saturated carbocycles. The Balaban J connectivity index is 1.04.